The topological polar surface area (TPSA) is 93.4 Å². The van der Waals surface area contributed by atoms with Gasteiger partial charge in [-0.3, -0.25) is 14.7 Å². The molecule has 0 radical (unpaired) electrons. The van der Waals surface area contributed by atoms with Gasteiger partial charge in [-0.2, -0.15) is 0 Å². The summed E-state index contributed by atoms with van der Waals surface area (Å²) in [4.78, 5) is 22.8. The Bertz CT molecular complexity index is 720. The number of nitrogens with one attached hydrogen (secondary N) is 1. The molecule has 3 atom stereocenters. The van der Waals surface area contributed by atoms with Crippen LogP contribution in [0.15, 0.2) is 29.2 Å². The number of hydrogen-bond donors (Lipinski definition) is 1. The first kappa shape index (κ1) is 15.2. The highest BCUT2D eigenvalue weighted by Crippen LogP contribution is 2.34. The highest BCUT2D eigenvalue weighted by Gasteiger charge is 2.46. The Morgan fingerprint density at radius 2 is 2.33 bits per heavy atom. The van der Waals surface area contributed by atoms with Crippen LogP contribution in [0.4, 0.5) is 5.82 Å². The van der Waals surface area contributed by atoms with Gasteiger partial charge < -0.3 is 14.6 Å². The van der Waals surface area contributed by atoms with Crippen LogP contribution in [0.5, 0.6) is 0 Å². The van der Waals surface area contributed by atoms with E-state index in [-0.39, 0.29) is 23.8 Å². The second kappa shape index (κ2) is 6.29. The van der Waals surface area contributed by atoms with E-state index in [1.165, 1.54) is 0 Å². The quantitative estimate of drug-likeness (QED) is 0.889. The maximum atomic E-state index is 12.5. The third-order valence-electron chi connectivity index (χ3n) is 4.60. The Morgan fingerprint density at radius 3 is 3.08 bits per heavy atom. The van der Waals surface area contributed by atoms with Gasteiger partial charge in [0.15, 0.2) is 5.82 Å². The van der Waals surface area contributed by atoms with Crippen molar-refractivity contribution in [2.75, 3.05) is 25.0 Å². The molecular formula is C16H19N5O3. The van der Waals surface area contributed by atoms with Crippen molar-refractivity contribution in [2.24, 2.45) is 11.8 Å². The van der Waals surface area contributed by atoms with Crippen molar-refractivity contribution in [3.8, 4) is 0 Å². The predicted octanol–water partition coefficient (Wildman–Crippen LogP) is 0.859. The first-order valence-electron chi connectivity index (χ1n) is 8.02. The van der Waals surface area contributed by atoms with Crippen LogP contribution in [0.1, 0.15) is 11.5 Å². The van der Waals surface area contributed by atoms with E-state index < -0.39 is 0 Å². The summed E-state index contributed by atoms with van der Waals surface area (Å²) >= 11 is 0. The van der Waals surface area contributed by atoms with Crippen LogP contribution in [0, 0.1) is 18.8 Å². The number of likely N-dealkylation sites (tertiary alicyclic amines) is 1. The fourth-order valence-electron chi connectivity index (χ4n) is 3.50. The zero-order chi connectivity index (χ0) is 16.5. The third kappa shape index (κ3) is 3.02. The number of aromatic nitrogens is 3. The summed E-state index contributed by atoms with van der Waals surface area (Å²) < 4.78 is 10.9. The minimum atomic E-state index is -0.166. The Balaban J connectivity index is 1.38. The van der Waals surface area contributed by atoms with Gasteiger partial charge >= 0.3 is 0 Å². The maximum absolute atomic E-state index is 12.5. The van der Waals surface area contributed by atoms with Crippen molar-refractivity contribution in [1.29, 1.82) is 0 Å². The molecule has 0 aliphatic carbocycles. The molecule has 0 aromatic carbocycles. The van der Waals surface area contributed by atoms with Crippen LogP contribution in [0.2, 0.25) is 0 Å². The molecule has 8 heteroatoms. The number of nitrogens with zero attached hydrogens (tertiary/aromatic N) is 4. The van der Waals surface area contributed by atoms with Crippen LogP contribution < -0.4 is 5.32 Å². The summed E-state index contributed by atoms with van der Waals surface area (Å²) in [7, 11) is 0. The second-order valence-electron chi connectivity index (χ2n) is 6.35. The summed E-state index contributed by atoms with van der Waals surface area (Å²) in [5, 5.41) is 6.86. The molecule has 2 fully saturated rings. The van der Waals surface area contributed by atoms with Gasteiger partial charge in [-0.05, 0) is 6.92 Å². The zero-order valence-electron chi connectivity index (χ0n) is 13.4. The SMILES string of the molecule is Cc1cc(CN2C[C@@H]3[C@@H](C(=O)Nc4cnccn4)CO[C@@H]3C2)no1. The van der Waals surface area contributed by atoms with E-state index in [0.29, 0.717) is 19.0 Å². The van der Waals surface area contributed by atoms with E-state index in [0.717, 1.165) is 24.5 Å². The molecule has 1 N–H and O–H groups in total. The number of anilines is 1. The number of rotatable bonds is 4. The van der Waals surface area contributed by atoms with E-state index in [1.54, 1.807) is 18.6 Å². The molecule has 2 aromatic rings. The molecule has 8 nitrogen and oxygen atoms in total. The van der Waals surface area contributed by atoms with Crippen molar-refractivity contribution < 1.29 is 14.1 Å². The fourth-order valence-corrected chi connectivity index (χ4v) is 3.50. The van der Waals surface area contributed by atoms with Gasteiger partial charge in [0.2, 0.25) is 5.91 Å². The number of carbonyl (C=O) groups is 1. The number of fused-ring (bicyclic) bond motifs is 1. The molecule has 126 valence electrons. The molecule has 2 aliphatic heterocycles. The fraction of sp³-hybridized carbons (Fsp3) is 0.500. The van der Waals surface area contributed by atoms with E-state index in [4.69, 9.17) is 9.26 Å². The van der Waals surface area contributed by atoms with Crippen molar-refractivity contribution in [3.63, 3.8) is 0 Å². The van der Waals surface area contributed by atoms with Crippen molar-refractivity contribution in [3.05, 3.63) is 36.1 Å². The standard InChI is InChI=1S/C16H19N5O3/c1-10-4-11(20-24-10)6-21-7-12-13(9-23-14(12)8-21)16(22)19-15-5-17-2-3-18-15/h2-5,12-14H,6-9H2,1H3,(H,18,19,22)/t12-,13+,14-/m1/s1. The lowest BCUT2D eigenvalue weighted by Crippen LogP contribution is -2.32. The number of amides is 1. The van der Waals surface area contributed by atoms with Crippen LogP contribution in [0.3, 0.4) is 0 Å². The van der Waals surface area contributed by atoms with E-state index in [9.17, 15) is 4.79 Å². The van der Waals surface area contributed by atoms with Crippen LogP contribution >= 0.6 is 0 Å². The highest BCUT2D eigenvalue weighted by molar-refractivity contribution is 5.92. The largest absolute Gasteiger partial charge is 0.376 e. The molecule has 0 spiro atoms. The number of hydrogen-bond acceptors (Lipinski definition) is 7. The lowest BCUT2D eigenvalue weighted by molar-refractivity contribution is -0.120. The molecule has 2 saturated heterocycles. The van der Waals surface area contributed by atoms with Crippen molar-refractivity contribution in [2.45, 2.75) is 19.6 Å². The van der Waals surface area contributed by atoms with E-state index in [1.807, 2.05) is 13.0 Å². The normalized spacial score (nSPS) is 26.5. The van der Waals surface area contributed by atoms with Gasteiger partial charge in [0.1, 0.15) is 5.76 Å². The van der Waals surface area contributed by atoms with Crippen LogP contribution in [-0.4, -0.2) is 51.7 Å². The average Bonchev–Trinajstić information content (AvgIpc) is 3.24. The van der Waals surface area contributed by atoms with Crippen LogP contribution in [-0.2, 0) is 16.1 Å². The van der Waals surface area contributed by atoms with Crippen LogP contribution in [0.25, 0.3) is 0 Å². The first-order chi connectivity index (χ1) is 11.7. The molecule has 0 bridgehead atoms. The van der Waals surface area contributed by atoms with Crippen molar-refractivity contribution >= 4 is 11.7 Å². The molecule has 2 aromatic heterocycles. The molecule has 2 aliphatic rings. The summed E-state index contributed by atoms with van der Waals surface area (Å²) in [5.41, 5.74) is 0.910. The Kier molecular flexibility index (Phi) is 3.99. The summed E-state index contributed by atoms with van der Waals surface area (Å²) in [6.45, 7) is 4.68. The summed E-state index contributed by atoms with van der Waals surface area (Å²) in [5.74, 6) is 1.25. The van der Waals surface area contributed by atoms with Crippen molar-refractivity contribution in [1.82, 2.24) is 20.0 Å². The van der Waals surface area contributed by atoms with E-state index >= 15 is 0 Å². The first-order valence-corrected chi connectivity index (χ1v) is 8.02. The predicted molar refractivity (Wildman–Crippen MR) is 83.9 cm³/mol. The highest BCUT2D eigenvalue weighted by atomic mass is 16.5. The molecule has 0 unspecified atom stereocenters. The minimum absolute atomic E-state index is 0.0536. The third-order valence-corrected chi connectivity index (χ3v) is 4.60. The van der Waals surface area contributed by atoms with Gasteiger partial charge in [-0.25, -0.2) is 4.98 Å². The lowest BCUT2D eigenvalue weighted by atomic mass is 9.92. The smallest absolute Gasteiger partial charge is 0.231 e. The van der Waals surface area contributed by atoms with Gasteiger partial charge in [0.05, 0.1) is 30.5 Å². The number of ether oxygens (including phenoxy) is 1. The number of aryl methyl sites for hydroxylation is 1. The molecule has 4 rings (SSSR count). The molecule has 4 heterocycles. The second-order valence-corrected chi connectivity index (χ2v) is 6.35. The van der Waals surface area contributed by atoms with E-state index in [2.05, 4.69) is 25.3 Å². The minimum Gasteiger partial charge on any atom is -0.376 e. The molecule has 0 saturated carbocycles. The monoisotopic (exact) mass is 329 g/mol. The Labute approximate surface area is 139 Å². The van der Waals surface area contributed by atoms with Gasteiger partial charge in [0, 0.05) is 44.0 Å². The van der Waals surface area contributed by atoms with Gasteiger partial charge in [0.25, 0.3) is 0 Å². The number of carbonyl (C=O) groups excluding carboxylic acids is 1. The molecule has 1 amide bonds. The zero-order valence-corrected chi connectivity index (χ0v) is 13.4. The summed E-state index contributed by atoms with van der Waals surface area (Å²) in [6, 6.07) is 1.94. The van der Waals surface area contributed by atoms with Gasteiger partial charge in [-0.1, -0.05) is 5.16 Å². The summed E-state index contributed by atoms with van der Waals surface area (Å²) in [6.07, 6.45) is 4.76. The Morgan fingerprint density at radius 1 is 1.42 bits per heavy atom. The maximum Gasteiger partial charge on any atom is 0.231 e. The molecule has 24 heavy (non-hydrogen) atoms. The average molecular weight is 329 g/mol. The molecular weight excluding hydrogens is 310 g/mol. The van der Waals surface area contributed by atoms with Gasteiger partial charge in [-0.15, -0.1) is 0 Å². The lowest BCUT2D eigenvalue weighted by Gasteiger charge is -2.18. The Hall–Kier alpha value is -2.32.